The quantitative estimate of drug-likeness (QED) is 0.327. The van der Waals surface area contributed by atoms with Gasteiger partial charge in [0.2, 0.25) is 0 Å². The molecule has 0 saturated heterocycles. The van der Waals surface area contributed by atoms with E-state index in [2.05, 4.69) is 14.8 Å². The van der Waals surface area contributed by atoms with Crippen LogP contribution in [0.4, 0.5) is 23.7 Å². The van der Waals surface area contributed by atoms with Gasteiger partial charge in [-0.05, 0) is 47.9 Å². The van der Waals surface area contributed by atoms with E-state index in [1.165, 1.54) is 21.3 Å². The van der Waals surface area contributed by atoms with Crippen LogP contribution in [0, 0.1) is 5.92 Å². The number of methoxy groups -OCH3 is 3. The number of benzene rings is 2. The van der Waals surface area contributed by atoms with Crippen molar-refractivity contribution in [2.75, 3.05) is 33.3 Å². The molecule has 184 valence electrons. The van der Waals surface area contributed by atoms with Gasteiger partial charge in [0.15, 0.2) is 5.92 Å². The zero-order valence-corrected chi connectivity index (χ0v) is 18.7. The fraction of sp³-hybridized carbons (Fsp3) is 0.348. The van der Waals surface area contributed by atoms with Crippen molar-refractivity contribution in [2.45, 2.75) is 19.0 Å². The lowest BCUT2D eigenvalue weighted by Gasteiger charge is -2.15. The molecule has 0 heterocycles. The molecule has 0 fully saturated rings. The predicted octanol–water partition coefficient (Wildman–Crippen LogP) is 4.01. The van der Waals surface area contributed by atoms with Crippen LogP contribution in [0.15, 0.2) is 42.5 Å². The summed E-state index contributed by atoms with van der Waals surface area (Å²) in [6.07, 6.45) is -5.05. The summed E-state index contributed by atoms with van der Waals surface area (Å²) in [4.78, 5) is 35.8. The first kappa shape index (κ1) is 26.5. The fourth-order valence-electron chi connectivity index (χ4n) is 3.09. The number of halogens is 3. The lowest BCUT2D eigenvalue weighted by Crippen LogP contribution is -2.28. The Kier molecular flexibility index (Phi) is 9.28. The minimum Gasteiger partial charge on any atom is -0.496 e. The van der Waals surface area contributed by atoms with E-state index in [1.54, 1.807) is 18.2 Å². The second kappa shape index (κ2) is 11.9. The number of carbonyl (C=O) groups excluding carboxylic acids is 3. The van der Waals surface area contributed by atoms with Gasteiger partial charge in [0.1, 0.15) is 5.75 Å². The van der Waals surface area contributed by atoms with Crippen molar-refractivity contribution < 1.29 is 46.5 Å². The van der Waals surface area contributed by atoms with E-state index in [4.69, 9.17) is 9.47 Å². The number of amides is 1. The maximum Gasteiger partial charge on any atom is 0.416 e. The Hall–Kier alpha value is -3.76. The normalized spacial score (nSPS) is 11.0. The third kappa shape index (κ3) is 7.39. The number of rotatable bonds is 9. The maximum absolute atomic E-state index is 12.6. The van der Waals surface area contributed by atoms with Crippen LogP contribution in [0.5, 0.6) is 5.75 Å². The van der Waals surface area contributed by atoms with Crippen molar-refractivity contribution in [3.05, 3.63) is 59.2 Å². The van der Waals surface area contributed by atoms with Crippen molar-refractivity contribution in [1.82, 2.24) is 0 Å². The number of anilines is 1. The Morgan fingerprint density at radius 1 is 0.941 bits per heavy atom. The Bertz CT molecular complexity index is 991. The van der Waals surface area contributed by atoms with Gasteiger partial charge >= 0.3 is 24.2 Å². The molecule has 2 rings (SSSR count). The molecule has 2 aromatic rings. The van der Waals surface area contributed by atoms with Crippen LogP contribution in [-0.2, 0) is 42.8 Å². The average molecular weight is 483 g/mol. The molecule has 8 nitrogen and oxygen atoms in total. The number of esters is 2. The van der Waals surface area contributed by atoms with Crippen molar-refractivity contribution >= 4 is 23.7 Å². The first-order valence-electron chi connectivity index (χ1n) is 10.0. The largest absolute Gasteiger partial charge is 0.496 e. The molecule has 0 spiro atoms. The van der Waals surface area contributed by atoms with Crippen LogP contribution >= 0.6 is 0 Å². The van der Waals surface area contributed by atoms with Gasteiger partial charge in [-0.3, -0.25) is 14.9 Å². The highest BCUT2D eigenvalue weighted by Crippen LogP contribution is 2.30. The van der Waals surface area contributed by atoms with Gasteiger partial charge in [-0.15, -0.1) is 0 Å². The van der Waals surface area contributed by atoms with Crippen molar-refractivity contribution in [3.8, 4) is 5.75 Å². The molecule has 0 aromatic heterocycles. The molecule has 0 aliphatic rings. The summed E-state index contributed by atoms with van der Waals surface area (Å²) < 4.78 is 57.6. The zero-order valence-electron chi connectivity index (χ0n) is 18.7. The summed E-state index contributed by atoms with van der Waals surface area (Å²) in [7, 11) is 3.80. The molecular formula is C23H24F3NO7. The van der Waals surface area contributed by atoms with Gasteiger partial charge in [0.05, 0.1) is 33.5 Å². The van der Waals surface area contributed by atoms with Crippen LogP contribution < -0.4 is 10.1 Å². The Morgan fingerprint density at radius 2 is 1.56 bits per heavy atom. The van der Waals surface area contributed by atoms with Crippen LogP contribution in [-0.4, -0.2) is 46.0 Å². The fourth-order valence-corrected chi connectivity index (χ4v) is 3.09. The number of hydrogen-bond donors (Lipinski definition) is 1. The average Bonchev–Trinajstić information content (AvgIpc) is 2.81. The summed E-state index contributed by atoms with van der Waals surface area (Å²) in [5.74, 6) is -2.09. The van der Waals surface area contributed by atoms with Crippen molar-refractivity contribution in [2.24, 2.45) is 5.92 Å². The summed E-state index contributed by atoms with van der Waals surface area (Å²) in [5, 5.41) is 2.35. The topological polar surface area (TPSA) is 100 Å². The molecule has 0 aliphatic heterocycles. The molecule has 11 heteroatoms. The monoisotopic (exact) mass is 483 g/mol. The highest BCUT2D eigenvalue weighted by molar-refractivity contribution is 5.95. The molecule has 0 saturated carbocycles. The molecule has 0 bridgehead atoms. The molecule has 1 amide bonds. The van der Waals surface area contributed by atoms with E-state index < -0.39 is 35.7 Å². The van der Waals surface area contributed by atoms with E-state index >= 15 is 0 Å². The Labute approximate surface area is 193 Å². The molecular weight excluding hydrogens is 459 g/mol. The highest BCUT2D eigenvalue weighted by atomic mass is 19.4. The highest BCUT2D eigenvalue weighted by Gasteiger charge is 2.30. The third-order valence-corrected chi connectivity index (χ3v) is 4.82. The number of hydrogen-bond acceptors (Lipinski definition) is 7. The van der Waals surface area contributed by atoms with Crippen LogP contribution in [0.3, 0.4) is 0 Å². The summed E-state index contributed by atoms with van der Waals surface area (Å²) >= 11 is 0. The van der Waals surface area contributed by atoms with Crippen molar-refractivity contribution in [1.29, 1.82) is 0 Å². The van der Waals surface area contributed by atoms with Gasteiger partial charge in [-0.1, -0.05) is 12.1 Å². The summed E-state index contributed by atoms with van der Waals surface area (Å²) in [6, 6.07) is 8.97. The number of alkyl halides is 3. The molecule has 0 unspecified atom stereocenters. The van der Waals surface area contributed by atoms with Gasteiger partial charge in [-0.2, -0.15) is 13.2 Å². The number of nitrogens with one attached hydrogen (secondary N) is 1. The molecule has 0 aliphatic carbocycles. The van der Waals surface area contributed by atoms with Crippen LogP contribution in [0.25, 0.3) is 0 Å². The first-order chi connectivity index (χ1) is 16.1. The maximum atomic E-state index is 12.6. The molecule has 2 aromatic carbocycles. The van der Waals surface area contributed by atoms with Crippen LogP contribution in [0.1, 0.15) is 16.7 Å². The first-order valence-corrected chi connectivity index (χ1v) is 10.0. The minimum absolute atomic E-state index is 0.0333. The van der Waals surface area contributed by atoms with Gasteiger partial charge in [-0.25, -0.2) is 4.79 Å². The van der Waals surface area contributed by atoms with Crippen LogP contribution in [0.2, 0.25) is 0 Å². The Balaban J connectivity index is 1.99. The van der Waals surface area contributed by atoms with Crippen molar-refractivity contribution in [3.63, 3.8) is 0 Å². The van der Waals surface area contributed by atoms with Gasteiger partial charge in [0, 0.05) is 12.1 Å². The molecule has 0 radical (unpaired) electrons. The van der Waals surface area contributed by atoms with E-state index in [0.29, 0.717) is 16.9 Å². The van der Waals surface area contributed by atoms with E-state index in [1.807, 2.05) is 0 Å². The van der Waals surface area contributed by atoms with E-state index in [9.17, 15) is 27.6 Å². The second-order valence-electron chi connectivity index (χ2n) is 7.04. The predicted molar refractivity (Wildman–Crippen MR) is 114 cm³/mol. The lowest BCUT2D eigenvalue weighted by molar-refractivity contribution is -0.158. The second-order valence-corrected chi connectivity index (χ2v) is 7.04. The third-order valence-electron chi connectivity index (χ3n) is 4.82. The number of ether oxygens (including phenoxy) is 4. The van der Waals surface area contributed by atoms with Gasteiger partial charge in [0.25, 0.3) is 0 Å². The summed E-state index contributed by atoms with van der Waals surface area (Å²) in [6.45, 7) is -0.0658. The Morgan fingerprint density at radius 3 is 2.09 bits per heavy atom. The minimum atomic E-state index is -4.47. The van der Waals surface area contributed by atoms with E-state index in [-0.39, 0.29) is 25.1 Å². The summed E-state index contributed by atoms with van der Waals surface area (Å²) in [5.41, 5.74) is 0.593. The number of carbonyl (C=O) groups is 3. The molecule has 0 atom stereocenters. The van der Waals surface area contributed by atoms with E-state index in [0.717, 1.165) is 24.3 Å². The smallest absolute Gasteiger partial charge is 0.416 e. The zero-order chi connectivity index (χ0) is 25.3. The molecule has 34 heavy (non-hydrogen) atoms. The lowest BCUT2D eigenvalue weighted by atomic mass is 9.97. The van der Waals surface area contributed by atoms with Gasteiger partial charge < -0.3 is 18.9 Å². The standard InChI is InChI=1S/C23H24F3NO7/c1-31-19-9-4-14(13-18(20(28)32-2)21(29)33-3)12-15(19)10-11-34-22(30)27-17-7-5-16(6-8-17)23(24,25)26/h4-9,12,18H,10-11,13H2,1-3H3,(H,27,30). The SMILES string of the molecule is COC(=O)C(Cc1ccc(OC)c(CCOC(=O)Nc2ccc(C(F)(F)F)cc2)c1)C(=O)OC. The molecule has 1 N–H and O–H groups in total.